The number of amides is 1. The molecule has 0 aromatic carbocycles. The summed E-state index contributed by atoms with van der Waals surface area (Å²) in [5.74, 6) is -0.386. The molecule has 5 heteroatoms. The van der Waals surface area contributed by atoms with E-state index in [1.54, 1.807) is 0 Å². The zero-order chi connectivity index (χ0) is 13.7. The second kappa shape index (κ2) is 6.73. The van der Waals surface area contributed by atoms with Gasteiger partial charge in [-0.05, 0) is 24.7 Å². The first-order chi connectivity index (χ1) is 8.41. The maximum absolute atomic E-state index is 11.8. The number of nitrogens with one attached hydrogen (secondary N) is 1. The van der Waals surface area contributed by atoms with Crippen LogP contribution in [0.25, 0.3) is 0 Å². The van der Waals surface area contributed by atoms with Crippen molar-refractivity contribution < 1.29 is 14.7 Å². The third-order valence-corrected chi connectivity index (χ3v) is 3.73. The van der Waals surface area contributed by atoms with Crippen LogP contribution in [0.1, 0.15) is 46.0 Å². The Labute approximate surface area is 108 Å². The smallest absolute Gasteiger partial charge is 0.305 e. The lowest BCUT2D eigenvalue weighted by molar-refractivity contribution is -0.139. The van der Waals surface area contributed by atoms with E-state index in [0.29, 0.717) is 11.8 Å². The number of aliphatic carboxylic acids is 1. The van der Waals surface area contributed by atoms with Crippen molar-refractivity contribution in [1.29, 1.82) is 0 Å². The van der Waals surface area contributed by atoms with Crippen LogP contribution >= 0.6 is 0 Å². The Kier molecular flexibility index (Phi) is 5.59. The number of hydrogen-bond acceptors (Lipinski definition) is 3. The number of carboxylic acid groups (broad SMARTS) is 1. The molecular formula is C13H24N2O3. The van der Waals surface area contributed by atoms with Crippen molar-refractivity contribution in [2.75, 3.05) is 0 Å². The molecule has 1 saturated carbocycles. The summed E-state index contributed by atoms with van der Waals surface area (Å²) in [6.07, 6.45) is 4.09. The van der Waals surface area contributed by atoms with Gasteiger partial charge in [-0.15, -0.1) is 0 Å². The highest BCUT2D eigenvalue weighted by atomic mass is 16.4. The quantitative estimate of drug-likeness (QED) is 0.687. The van der Waals surface area contributed by atoms with Crippen LogP contribution in [-0.4, -0.2) is 29.1 Å². The maximum Gasteiger partial charge on any atom is 0.305 e. The number of hydrogen-bond donors (Lipinski definition) is 3. The Bertz CT molecular complexity index is 305. The van der Waals surface area contributed by atoms with Gasteiger partial charge in [0.2, 0.25) is 5.91 Å². The minimum absolute atomic E-state index is 0.145. The van der Waals surface area contributed by atoms with Crippen LogP contribution in [-0.2, 0) is 9.59 Å². The Balaban J connectivity index is 2.53. The second-order valence-corrected chi connectivity index (χ2v) is 5.51. The normalized spacial score (nSPS) is 25.8. The molecule has 1 aliphatic carbocycles. The van der Waals surface area contributed by atoms with Crippen LogP contribution in [0.5, 0.6) is 0 Å². The lowest BCUT2D eigenvalue weighted by Gasteiger charge is -2.35. The highest BCUT2D eigenvalue weighted by molar-refractivity contribution is 5.86. The third kappa shape index (κ3) is 4.29. The predicted molar refractivity (Wildman–Crippen MR) is 69.0 cm³/mol. The lowest BCUT2D eigenvalue weighted by Crippen LogP contribution is -2.50. The maximum atomic E-state index is 11.8. The summed E-state index contributed by atoms with van der Waals surface area (Å²) >= 11 is 0. The zero-order valence-electron chi connectivity index (χ0n) is 11.2. The van der Waals surface area contributed by atoms with Crippen molar-refractivity contribution in [3.05, 3.63) is 0 Å². The second-order valence-electron chi connectivity index (χ2n) is 5.51. The van der Waals surface area contributed by atoms with E-state index < -0.39 is 12.0 Å². The SMILES string of the molecule is CC(C)C1CCCCC1NC(=O)C(N)CC(=O)O. The van der Waals surface area contributed by atoms with Gasteiger partial charge in [-0.3, -0.25) is 9.59 Å². The standard InChI is InChI=1S/C13H24N2O3/c1-8(2)9-5-3-4-6-11(9)15-13(18)10(14)7-12(16)17/h8-11H,3-7,14H2,1-2H3,(H,15,18)(H,16,17). The van der Waals surface area contributed by atoms with Gasteiger partial charge >= 0.3 is 5.97 Å². The highest BCUT2D eigenvalue weighted by Gasteiger charge is 2.30. The summed E-state index contributed by atoms with van der Waals surface area (Å²) in [7, 11) is 0. The number of carbonyl (C=O) groups is 2. The Morgan fingerprint density at radius 3 is 2.50 bits per heavy atom. The van der Waals surface area contributed by atoms with Crippen molar-refractivity contribution in [3.63, 3.8) is 0 Å². The first-order valence-electron chi connectivity index (χ1n) is 6.69. The van der Waals surface area contributed by atoms with E-state index in [2.05, 4.69) is 19.2 Å². The fraction of sp³-hybridized carbons (Fsp3) is 0.846. The van der Waals surface area contributed by atoms with Gasteiger partial charge in [-0.2, -0.15) is 0 Å². The van der Waals surface area contributed by atoms with Gasteiger partial charge in [0.25, 0.3) is 0 Å². The number of carboxylic acids is 1. The van der Waals surface area contributed by atoms with E-state index >= 15 is 0 Å². The average Bonchev–Trinajstić information content (AvgIpc) is 2.28. The molecule has 1 aliphatic rings. The molecule has 1 rings (SSSR count). The summed E-state index contributed by atoms with van der Waals surface area (Å²) in [6.45, 7) is 4.32. The molecule has 1 amide bonds. The van der Waals surface area contributed by atoms with Crippen molar-refractivity contribution in [3.8, 4) is 0 Å². The molecule has 4 N–H and O–H groups in total. The first-order valence-corrected chi connectivity index (χ1v) is 6.69. The summed E-state index contributed by atoms with van der Waals surface area (Å²) in [4.78, 5) is 22.3. The van der Waals surface area contributed by atoms with Crippen LogP contribution in [0.4, 0.5) is 0 Å². The topological polar surface area (TPSA) is 92.4 Å². The fourth-order valence-corrected chi connectivity index (χ4v) is 2.71. The van der Waals surface area contributed by atoms with Crippen LogP contribution in [0.3, 0.4) is 0 Å². The van der Waals surface area contributed by atoms with Gasteiger partial charge in [0.15, 0.2) is 0 Å². The molecule has 0 aromatic rings. The monoisotopic (exact) mass is 256 g/mol. The fourth-order valence-electron chi connectivity index (χ4n) is 2.71. The Hall–Kier alpha value is -1.10. The third-order valence-electron chi connectivity index (χ3n) is 3.73. The van der Waals surface area contributed by atoms with E-state index in [1.165, 1.54) is 6.42 Å². The molecular weight excluding hydrogens is 232 g/mol. The van der Waals surface area contributed by atoms with Gasteiger partial charge in [-0.25, -0.2) is 0 Å². The molecule has 0 saturated heterocycles. The molecule has 5 nitrogen and oxygen atoms in total. The molecule has 0 aliphatic heterocycles. The summed E-state index contributed by atoms with van der Waals surface area (Å²) in [5, 5.41) is 11.5. The van der Waals surface area contributed by atoms with Gasteiger partial charge in [0.1, 0.15) is 0 Å². The molecule has 18 heavy (non-hydrogen) atoms. The summed E-state index contributed by atoms with van der Waals surface area (Å²) < 4.78 is 0. The summed E-state index contributed by atoms with van der Waals surface area (Å²) in [5.41, 5.74) is 5.56. The van der Waals surface area contributed by atoms with E-state index in [9.17, 15) is 9.59 Å². The van der Waals surface area contributed by atoms with Crippen LogP contribution in [0.15, 0.2) is 0 Å². The van der Waals surface area contributed by atoms with E-state index in [0.717, 1.165) is 19.3 Å². The number of nitrogens with two attached hydrogens (primary N) is 1. The largest absolute Gasteiger partial charge is 0.481 e. The lowest BCUT2D eigenvalue weighted by atomic mass is 9.78. The minimum atomic E-state index is -1.04. The highest BCUT2D eigenvalue weighted by Crippen LogP contribution is 2.30. The van der Waals surface area contributed by atoms with Crippen molar-refractivity contribution >= 4 is 11.9 Å². The van der Waals surface area contributed by atoms with Crippen LogP contribution in [0.2, 0.25) is 0 Å². The molecule has 0 spiro atoms. The van der Waals surface area contributed by atoms with Gasteiger partial charge in [-0.1, -0.05) is 26.7 Å². The average molecular weight is 256 g/mol. The molecule has 0 bridgehead atoms. The number of rotatable bonds is 5. The van der Waals surface area contributed by atoms with Crippen LogP contribution in [0, 0.1) is 11.8 Å². The molecule has 3 unspecified atom stereocenters. The van der Waals surface area contributed by atoms with E-state index in [-0.39, 0.29) is 18.4 Å². The van der Waals surface area contributed by atoms with Gasteiger partial charge < -0.3 is 16.2 Å². The minimum Gasteiger partial charge on any atom is -0.481 e. The molecule has 1 fully saturated rings. The molecule has 0 radical (unpaired) electrons. The zero-order valence-corrected chi connectivity index (χ0v) is 11.2. The van der Waals surface area contributed by atoms with Crippen LogP contribution < -0.4 is 11.1 Å². The molecule has 0 aromatic heterocycles. The van der Waals surface area contributed by atoms with E-state index in [1.807, 2.05) is 0 Å². The summed E-state index contributed by atoms with van der Waals surface area (Å²) in [6, 6.07) is -0.802. The Morgan fingerprint density at radius 2 is 1.94 bits per heavy atom. The Morgan fingerprint density at radius 1 is 1.33 bits per heavy atom. The van der Waals surface area contributed by atoms with Gasteiger partial charge in [0.05, 0.1) is 12.5 Å². The molecule has 104 valence electrons. The molecule has 0 heterocycles. The predicted octanol–water partition coefficient (Wildman–Crippen LogP) is 1.12. The first kappa shape index (κ1) is 15.0. The molecule has 3 atom stereocenters. The van der Waals surface area contributed by atoms with Crippen molar-refractivity contribution in [2.24, 2.45) is 17.6 Å². The van der Waals surface area contributed by atoms with Crippen molar-refractivity contribution in [2.45, 2.75) is 58.0 Å². The van der Waals surface area contributed by atoms with E-state index in [4.69, 9.17) is 10.8 Å². The van der Waals surface area contributed by atoms with Gasteiger partial charge in [0, 0.05) is 6.04 Å². The number of carbonyl (C=O) groups excluding carboxylic acids is 1. The van der Waals surface area contributed by atoms with Crippen molar-refractivity contribution in [1.82, 2.24) is 5.32 Å².